The van der Waals surface area contributed by atoms with E-state index in [1.54, 1.807) is 0 Å². The molecule has 1 heterocycles. The fourth-order valence-electron chi connectivity index (χ4n) is 1.53. The van der Waals surface area contributed by atoms with Gasteiger partial charge in [0.05, 0.1) is 10.2 Å². The van der Waals surface area contributed by atoms with Crippen LogP contribution in [0.15, 0.2) is 10.7 Å². The summed E-state index contributed by atoms with van der Waals surface area (Å²) in [4.78, 5) is 0. The van der Waals surface area contributed by atoms with Gasteiger partial charge in [-0.15, -0.1) is 0 Å². The molecule has 1 aromatic heterocycles. The number of aromatic nitrogens is 2. The maximum Gasteiger partial charge on any atom is 0.0797 e. The summed E-state index contributed by atoms with van der Waals surface area (Å²) in [5, 5.41) is 4.52. The van der Waals surface area contributed by atoms with Crippen LogP contribution >= 0.6 is 15.9 Å². The average Bonchev–Trinajstić information content (AvgIpc) is 2.29. The van der Waals surface area contributed by atoms with Gasteiger partial charge in [0.2, 0.25) is 0 Å². The van der Waals surface area contributed by atoms with Gasteiger partial charge in [-0.25, -0.2) is 0 Å². The molecule has 0 unspecified atom stereocenters. The zero-order valence-electron chi connectivity index (χ0n) is 7.26. The van der Waals surface area contributed by atoms with Gasteiger partial charge >= 0.3 is 0 Å². The summed E-state index contributed by atoms with van der Waals surface area (Å²) in [7, 11) is 0. The Labute approximate surface area is 81.1 Å². The Morgan fingerprint density at radius 1 is 1.67 bits per heavy atom. The predicted molar refractivity (Wildman–Crippen MR) is 52.2 cm³/mol. The minimum Gasteiger partial charge on any atom is -0.272 e. The number of hydrogen-bond acceptors (Lipinski definition) is 1. The van der Waals surface area contributed by atoms with Crippen molar-refractivity contribution in [2.75, 3.05) is 0 Å². The first kappa shape index (κ1) is 8.30. The second-order valence-corrected chi connectivity index (χ2v) is 4.20. The van der Waals surface area contributed by atoms with Crippen molar-refractivity contribution in [3.63, 3.8) is 0 Å². The maximum absolute atomic E-state index is 4.52. The normalized spacial score (nSPS) is 17.8. The third-order valence-corrected chi connectivity index (χ3v) is 3.17. The second kappa shape index (κ2) is 3.21. The lowest BCUT2D eigenvalue weighted by Crippen LogP contribution is -2.10. The summed E-state index contributed by atoms with van der Waals surface area (Å²) in [6, 6.07) is 0. The van der Waals surface area contributed by atoms with E-state index < -0.39 is 0 Å². The molecule has 0 spiro atoms. The number of rotatable bonds is 2. The molecule has 1 aliphatic carbocycles. The molecule has 0 radical (unpaired) electrons. The van der Waals surface area contributed by atoms with Crippen molar-refractivity contribution in [1.29, 1.82) is 0 Å². The molecule has 1 aromatic rings. The van der Waals surface area contributed by atoms with Crippen LogP contribution in [-0.4, -0.2) is 9.78 Å². The van der Waals surface area contributed by atoms with Crippen molar-refractivity contribution in [2.24, 2.45) is 0 Å². The maximum atomic E-state index is 4.52. The highest BCUT2D eigenvalue weighted by molar-refractivity contribution is 9.10. The average molecular weight is 229 g/mol. The summed E-state index contributed by atoms with van der Waals surface area (Å²) in [5.74, 6) is 0.729. The largest absolute Gasteiger partial charge is 0.272 e. The second-order valence-electron chi connectivity index (χ2n) is 3.35. The van der Waals surface area contributed by atoms with Crippen LogP contribution in [0.4, 0.5) is 0 Å². The van der Waals surface area contributed by atoms with Crippen LogP contribution < -0.4 is 0 Å². The van der Waals surface area contributed by atoms with Gasteiger partial charge in [-0.3, -0.25) is 4.68 Å². The Bertz CT molecular complexity index is 276. The molecule has 0 aliphatic heterocycles. The fourth-order valence-corrected chi connectivity index (χ4v) is 2.17. The lowest BCUT2D eigenvalue weighted by atomic mass is 9.83. The smallest absolute Gasteiger partial charge is 0.0797 e. The molecule has 0 bridgehead atoms. The molecule has 2 rings (SSSR count). The summed E-state index contributed by atoms with van der Waals surface area (Å²) >= 11 is 3.55. The number of halogens is 1. The van der Waals surface area contributed by atoms with Gasteiger partial charge in [0.1, 0.15) is 0 Å². The van der Waals surface area contributed by atoms with Crippen LogP contribution in [-0.2, 0) is 6.54 Å². The van der Waals surface area contributed by atoms with E-state index in [9.17, 15) is 0 Å². The van der Waals surface area contributed by atoms with Crippen LogP contribution in [0.1, 0.15) is 37.8 Å². The van der Waals surface area contributed by atoms with E-state index in [-0.39, 0.29) is 0 Å². The van der Waals surface area contributed by atoms with Crippen molar-refractivity contribution in [2.45, 2.75) is 38.6 Å². The minimum absolute atomic E-state index is 0.729. The number of hydrogen-bond donors (Lipinski definition) is 0. The Morgan fingerprint density at radius 3 is 2.83 bits per heavy atom. The first-order valence-electron chi connectivity index (χ1n) is 4.54. The Balaban J connectivity index is 2.23. The molecule has 0 aromatic carbocycles. The van der Waals surface area contributed by atoms with Gasteiger partial charge in [-0.05, 0) is 35.7 Å². The Kier molecular flexibility index (Phi) is 2.22. The highest BCUT2D eigenvalue weighted by Crippen LogP contribution is 2.38. The van der Waals surface area contributed by atoms with Crippen molar-refractivity contribution in [3.8, 4) is 0 Å². The van der Waals surface area contributed by atoms with E-state index in [0.717, 1.165) is 12.5 Å². The number of aryl methyl sites for hydroxylation is 1. The first-order chi connectivity index (χ1) is 5.81. The van der Waals surface area contributed by atoms with Crippen LogP contribution in [0, 0.1) is 0 Å². The molecule has 1 saturated carbocycles. The van der Waals surface area contributed by atoms with E-state index in [0.29, 0.717) is 0 Å². The first-order valence-corrected chi connectivity index (χ1v) is 5.33. The number of nitrogens with zero attached hydrogens (tertiary/aromatic N) is 2. The van der Waals surface area contributed by atoms with E-state index in [1.165, 1.54) is 29.4 Å². The third kappa shape index (κ3) is 1.30. The van der Waals surface area contributed by atoms with Gasteiger partial charge < -0.3 is 0 Å². The molecule has 3 heteroatoms. The quantitative estimate of drug-likeness (QED) is 0.762. The van der Waals surface area contributed by atoms with Crippen LogP contribution in [0.5, 0.6) is 0 Å². The molecule has 12 heavy (non-hydrogen) atoms. The summed E-state index contributed by atoms with van der Waals surface area (Å²) in [6.45, 7) is 3.08. The van der Waals surface area contributed by atoms with E-state index in [2.05, 4.69) is 34.1 Å². The monoisotopic (exact) mass is 228 g/mol. The van der Waals surface area contributed by atoms with Crippen LogP contribution in [0.2, 0.25) is 0 Å². The van der Waals surface area contributed by atoms with Crippen LogP contribution in [0.3, 0.4) is 0 Å². The summed E-state index contributed by atoms with van der Waals surface area (Å²) in [6.07, 6.45) is 6.09. The van der Waals surface area contributed by atoms with Gasteiger partial charge in [-0.1, -0.05) is 6.42 Å². The van der Waals surface area contributed by atoms with Crippen molar-refractivity contribution in [1.82, 2.24) is 9.78 Å². The fraction of sp³-hybridized carbons (Fsp3) is 0.667. The predicted octanol–water partition coefficient (Wildman–Crippen LogP) is 2.93. The third-order valence-electron chi connectivity index (χ3n) is 2.56. The minimum atomic E-state index is 0.729. The SMILES string of the molecule is CCn1cc(Br)c(C2CCC2)n1. The van der Waals surface area contributed by atoms with Gasteiger partial charge in [0, 0.05) is 18.7 Å². The Hall–Kier alpha value is -0.310. The van der Waals surface area contributed by atoms with E-state index >= 15 is 0 Å². The molecular formula is C9H13BrN2. The highest BCUT2D eigenvalue weighted by Gasteiger charge is 2.24. The topological polar surface area (TPSA) is 17.8 Å². The molecule has 0 saturated heterocycles. The standard InChI is InChI=1S/C9H13BrN2/c1-2-12-6-8(10)9(11-12)7-4-3-5-7/h6-7H,2-5H2,1H3. The molecule has 66 valence electrons. The van der Waals surface area contributed by atoms with Gasteiger partial charge in [-0.2, -0.15) is 5.10 Å². The molecule has 2 nitrogen and oxygen atoms in total. The molecular weight excluding hydrogens is 216 g/mol. The lowest BCUT2D eigenvalue weighted by Gasteiger charge is -2.23. The molecule has 0 atom stereocenters. The van der Waals surface area contributed by atoms with Gasteiger partial charge in [0.15, 0.2) is 0 Å². The van der Waals surface area contributed by atoms with Crippen molar-refractivity contribution >= 4 is 15.9 Å². The van der Waals surface area contributed by atoms with Crippen LogP contribution in [0.25, 0.3) is 0 Å². The highest BCUT2D eigenvalue weighted by atomic mass is 79.9. The zero-order valence-corrected chi connectivity index (χ0v) is 8.84. The van der Waals surface area contributed by atoms with E-state index in [1.807, 2.05) is 4.68 Å². The molecule has 0 N–H and O–H groups in total. The molecule has 0 amide bonds. The lowest BCUT2D eigenvalue weighted by molar-refractivity contribution is 0.405. The van der Waals surface area contributed by atoms with Gasteiger partial charge in [0.25, 0.3) is 0 Å². The van der Waals surface area contributed by atoms with Crippen molar-refractivity contribution < 1.29 is 0 Å². The molecule has 1 fully saturated rings. The summed E-state index contributed by atoms with van der Waals surface area (Å²) in [5.41, 5.74) is 1.27. The van der Waals surface area contributed by atoms with E-state index in [4.69, 9.17) is 0 Å². The van der Waals surface area contributed by atoms with Crippen molar-refractivity contribution in [3.05, 3.63) is 16.4 Å². The Morgan fingerprint density at radius 2 is 2.42 bits per heavy atom. The summed E-state index contributed by atoms with van der Waals surface area (Å²) < 4.78 is 3.19. The zero-order chi connectivity index (χ0) is 8.55. The molecule has 1 aliphatic rings.